The van der Waals surface area contributed by atoms with Gasteiger partial charge in [0.2, 0.25) is 0 Å². The van der Waals surface area contributed by atoms with Crippen LogP contribution < -0.4 is 4.74 Å². The van der Waals surface area contributed by atoms with Crippen LogP contribution in [0.5, 0.6) is 11.5 Å². The van der Waals surface area contributed by atoms with Gasteiger partial charge >= 0.3 is 0 Å². The van der Waals surface area contributed by atoms with Crippen LogP contribution in [0.4, 0.5) is 0 Å². The van der Waals surface area contributed by atoms with Crippen molar-refractivity contribution in [3.63, 3.8) is 0 Å². The number of rotatable bonds is 4. The third-order valence-electron chi connectivity index (χ3n) is 2.86. The molecule has 0 spiro atoms. The van der Waals surface area contributed by atoms with Gasteiger partial charge in [-0.3, -0.25) is 0 Å². The van der Waals surface area contributed by atoms with Crippen molar-refractivity contribution in [2.75, 3.05) is 13.7 Å². The minimum Gasteiger partial charge on any atom is -0.507 e. The summed E-state index contributed by atoms with van der Waals surface area (Å²) in [4.78, 5) is 0. The summed E-state index contributed by atoms with van der Waals surface area (Å²) < 4.78 is 5.29. The number of aliphatic hydroxyl groups is 1. The second kappa shape index (κ2) is 5.56. The number of hydrogen-bond donors (Lipinski definition) is 2. The Morgan fingerprint density at radius 2 is 1.83 bits per heavy atom. The monoisotopic (exact) mass is 244 g/mol. The van der Waals surface area contributed by atoms with Crippen molar-refractivity contribution < 1.29 is 14.9 Å². The molecule has 0 amide bonds. The normalized spacial score (nSPS) is 10.3. The molecule has 3 heteroatoms. The summed E-state index contributed by atoms with van der Waals surface area (Å²) in [6.07, 6.45) is 0.572. The van der Waals surface area contributed by atoms with Crippen molar-refractivity contribution in [2.45, 2.75) is 6.42 Å². The maximum absolute atomic E-state index is 9.96. The molecule has 0 aromatic heterocycles. The average Bonchev–Trinajstić information content (AvgIpc) is 2.41. The van der Waals surface area contributed by atoms with E-state index in [0.717, 1.165) is 16.7 Å². The third kappa shape index (κ3) is 2.46. The first kappa shape index (κ1) is 12.5. The lowest BCUT2D eigenvalue weighted by Gasteiger charge is -2.11. The van der Waals surface area contributed by atoms with Crippen molar-refractivity contribution in [2.24, 2.45) is 0 Å². The van der Waals surface area contributed by atoms with E-state index in [1.54, 1.807) is 13.2 Å². The van der Waals surface area contributed by atoms with Gasteiger partial charge in [-0.1, -0.05) is 24.3 Å². The Bertz CT molecular complexity index is 535. The predicted octanol–water partition coefficient (Wildman–Crippen LogP) is 2.60. The summed E-state index contributed by atoms with van der Waals surface area (Å²) >= 11 is 0. The number of ether oxygens (including phenoxy) is 1. The Kier molecular flexibility index (Phi) is 3.85. The van der Waals surface area contributed by atoms with Crippen molar-refractivity contribution >= 4 is 0 Å². The summed E-state index contributed by atoms with van der Waals surface area (Å²) in [5.74, 6) is 0.926. The van der Waals surface area contributed by atoms with E-state index in [4.69, 9.17) is 9.84 Å². The first-order valence-corrected chi connectivity index (χ1v) is 5.82. The number of methoxy groups -OCH3 is 1. The molecule has 2 N–H and O–H groups in total. The zero-order valence-electron chi connectivity index (χ0n) is 10.3. The van der Waals surface area contributed by atoms with Gasteiger partial charge in [0.15, 0.2) is 0 Å². The van der Waals surface area contributed by atoms with Gasteiger partial charge in [0.05, 0.1) is 7.11 Å². The molecule has 0 unspecified atom stereocenters. The predicted molar refractivity (Wildman–Crippen MR) is 70.9 cm³/mol. The quantitative estimate of drug-likeness (QED) is 0.869. The van der Waals surface area contributed by atoms with Gasteiger partial charge in [0.25, 0.3) is 0 Å². The highest BCUT2D eigenvalue weighted by Crippen LogP contribution is 2.36. The lowest BCUT2D eigenvalue weighted by molar-refractivity contribution is 0.299. The van der Waals surface area contributed by atoms with Crippen LogP contribution in [-0.2, 0) is 6.42 Å². The molecule has 0 saturated heterocycles. The Morgan fingerprint density at radius 1 is 1.06 bits per heavy atom. The number of hydrogen-bond acceptors (Lipinski definition) is 3. The Hall–Kier alpha value is -2.00. The molecule has 2 aromatic rings. The maximum atomic E-state index is 9.96. The Morgan fingerprint density at radius 3 is 2.56 bits per heavy atom. The van der Waals surface area contributed by atoms with Gasteiger partial charge in [-0.05, 0) is 30.2 Å². The summed E-state index contributed by atoms with van der Waals surface area (Å²) in [6, 6.07) is 12.9. The minimum atomic E-state index is 0.0934. The van der Waals surface area contributed by atoms with Gasteiger partial charge in [0.1, 0.15) is 11.5 Å². The largest absolute Gasteiger partial charge is 0.507 e. The summed E-state index contributed by atoms with van der Waals surface area (Å²) in [7, 11) is 1.60. The van der Waals surface area contributed by atoms with E-state index in [2.05, 4.69) is 0 Å². The molecular formula is C15H16O3. The summed E-state index contributed by atoms with van der Waals surface area (Å²) in [5.41, 5.74) is 2.55. The van der Waals surface area contributed by atoms with Crippen LogP contribution in [0.3, 0.4) is 0 Å². The second-order valence-corrected chi connectivity index (χ2v) is 4.03. The van der Waals surface area contributed by atoms with E-state index in [1.807, 2.05) is 36.4 Å². The van der Waals surface area contributed by atoms with E-state index >= 15 is 0 Å². The standard InChI is InChI=1S/C15H16O3/c1-18-15-5-3-2-4-12(15)13-10-11(8-9-16)6-7-14(13)17/h2-7,10,16-17H,8-9H2,1H3. The molecular weight excluding hydrogens is 228 g/mol. The molecule has 0 aliphatic rings. The van der Waals surface area contributed by atoms with E-state index in [0.29, 0.717) is 12.2 Å². The number of aromatic hydroxyl groups is 1. The SMILES string of the molecule is COc1ccccc1-c1cc(CCO)ccc1O. The third-order valence-corrected chi connectivity index (χ3v) is 2.86. The van der Waals surface area contributed by atoms with Crippen molar-refractivity contribution in [1.29, 1.82) is 0 Å². The lowest BCUT2D eigenvalue weighted by atomic mass is 10.00. The first-order valence-electron chi connectivity index (χ1n) is 5.82. The molecule has 0 heterocycles. The zero-order chi connectivity index (χ0) is 13.0. The van der Waals surface area contributed by atoms with Crippen molar-refractivity contribution in [1.82, 2.24) is 0 Å². The smallest absolute Gasteiger partial charge is 0.126 e. The molecule has 0 bridgehead atoms. The maximum Gasteiger partial charge on any atom is 0.126 e. The van der Waals surface area contributed by atoms with Crippen molar-refractivity contribution in [3.8, 4) is 22.6 Å². The number of benzene rings is 2. The zero-order valence-corrected chi connectivity index (χ0v) is 10.3. The van der Waals surface area contributed by atoms with Crippen LogP contribution in [0.2, 0.25) is 0 Å². The molecule has 18 heavy (non-hydrogen) atoms. The van der Waals surface area contributed by atoms with Gasteiger partial charge in [0, 0.05) is 17.7 Å². The van der Waals surface area contributed by atoms with E-state index < -0.39 is 0 Å². The average molecular weight is 244 g/mol. The van der Waals surface area contributed by atoms with Crippen molar-refractivity contribution in [3.05, 3.63) is 48.0 Å². The highest BCUT2D eigenvalue weighted by Gasteiger charge is 2.10. The number of aliphatic hydroxyl groups excluding tert-OH is 1. The highest BCUT2D eigenvalue weighted by molar-refractivity contribution is 5.76. The minimum absolute atomic E-state index is 0.0934. The fourth-order valence-electron chi connectivity index (χ4n) is 1.95. The second-order valence-electron chi connectivity index (χ2n) is 4.03. The Labute approximate surface area is 106 Å². The number of para-hydroxylation sites is 1. The molecule has 0 aliphatic carbocycles. The number of phenolic OH excluding ortho intramolecular Hbond substituents is 1. The fourth-order valence-corrected chi connectivity index (χ4v) is 1.95. The number of phenols is 1. The van der Waals surface area contributed by atoms with Gasteiger partial charge < -0.3 is 14.9 Å². The molecule has 0 aliphatic heterocycles. The highest BCUT2D eigenvalue weighted by atomic mass is 16.5. The molecule has 0 radical (unpaired) electrons. The molecule has 0 atom stereocenters. The van der Waals surface area contributed by atoms with Crippen LogP contribution in [0.1, 0.15) is 5.56 Å². The van der Waals surface area contributed by atoms with Gasteiger partial charge in [-0.2, -0.15) is 0 Å². The van der Waals surface area contributed by atoms with Crippen LogP contribution in [0.25, 0.3) is 11.1 Å². The fraction of sp³-hybridized carbons (Fsp3) is 0.200. The first-order chi connectivity index (χ1) is 8.76. The van der Waals surface area contributed by atoms with Crippen LogP contribution in [0.15, 0.2) is 42.5 Å². The molecule has 0 fully saturated rings. The Balaban J connectivity index is 2.51. The summed E-state index contributed by atoms with van der Waals surface area (Å²) in [6.45, 7) is 0.0934. The lowest BCUT2D eigenvalue weighted by Crippen LogP contribution is -1.92. The van der Waals surface area contributed by atoms with Crippen LogP contribution in [-0.4, -0.2) is 23.9 Å². The molecule has 0 saturated carbocycles. The molecule has 3 nitrogen and oxygen atoms in total. The van der Waals surface area contributed by atoms with Gasteiger partial charge in [-0.15, -0.1) is 0 Å². The molecule has 2 aromatic carbocycles. The van der Waals surface area contributed by atoms with Gasteiger partial charge in [-0.25, -0.2) is 0 Å². The summed E-state index contributed by atoms with van der Waals surface area (Å²) in [5, 5.41) is 18.9. The molecule has 2 rings (SSSR count). The van der Waals surface area contributed by atoms with E-state index in [1.165, 1.54) is 0 Å². The molecule has 94 valence electrons. The van der Waals surface area contributed by atoms with E-state index in [-0.39, 0.29) is 12.4 Å². The van der Waals surface area contributed by atoms with Crippen LogP contribution in [0, 0.1) is 0 Å². The topological polar surface area (TPSA) is 49.7 Å². The van der Waals surface area contributed by atoms with Crippen LogP contribution >= 0.6 is 0 Å². The van der Waals surface area contributed by atoms with E-state index in [9.17, 15) is 5.11 Å².